The third-order valence-corrected chi connectivity index (χ3v) is 5.18. The smallest absolute Gasteiger partial charge is 0.351 e. The summed E-state index contributed by atoms with van der Waals surface area (Å²) in [6.07, 6.45) is -3.10. The molecule has 0 bridgehead atoms. The second-order valence-corrected chi connectivity index (χ2v) is 7.05. The monoisotopic (exact) mass is 454 g/mol. The lowest BCUT2D eigenvalue weighted by Gasteiger charge is -2.38. The number of phenolic OH excluding ortho intramolecular Hbond substituents is 1. The zero-order chi connectivity index (χ0) is 23.6. The maximum Gasteiger partial charge on any atom is 0.351 e. The van der Waals surface area contributed by atoms with E-state index in [9.17, 15) is 34.8 Å². The lowest BCUT2D eigenvalue weighted by molar-refractivity contribution is -0.317. The normalized spacial score (nSPS) is 25.7. The second-order valence-electron chi connectivity index (χ2n) is 7.05. The molecule has 1 aromatic heterocycles. The van der Waals surface area contributed by atoms with E-state index in [0.29, 0.717) is 15.2 Å². The van der Waals surface area contributed by atoms with Crippen molar-refractivity contribution in [2.24, 2.45) is 0 Å². The highest BCUT2D eigenvalue weighted by atomic mass is 19.1. The SMILES string of the molecule is COc1cc(CN(O)[C@]2(O)C(n3c(N)c(/C=C/F)cnc3=O)O[C@H](CO)[C@H]2O)ccc1O. The van der Waals surface area contributed by atoms with Gasteiger partial charge in [0.2, 0.25) is 5.72 Å². The Morgan fingerprint density at radius 3 is 2.81 bits per heavy atom. The first-order chi connectivity index (χ1) is 15.2. The number of rotatable bonds is 7. The number of hydroxylamine groups is 2. The summed E-state index contributed by atoms with van der Waals surface area (Å²) < 4.78 is 23.8. The molecule has 1 aliphatic heterocycles. The third kappa shape index (κ3) is 3.92. The number of anilines is 1. The van der Waals surface area contributed by atoms with Crippen LogP contribution in [0.3, 0.4) is 0 Å². The molecule has 0 spiro atoms. The molecule has 4 atom stereocenters. The Labute approximate surface area is 180 Å². The van der Waals surface area contributed by atoms with Crippen molar-refractivity contribution in [2.45, 2.75) is 30.7 Å². The van der Waals surface area contributed by atoms with Crippen molar-refractivity contribution in [1.82, 2.24) is 14.6 Å². The number of aliphatic hydroxyl groups excluding tert-OH is 2. The molecule has 0 radical (unpaired) electrons. The summed E-state index contributed by atoms with van der Waals surface area (Å²) in [4.78, 5) is 16.0. The molecule has 2 aromatic rings. The summed E-state index contributed by atoms with van der Waals surface area (Å²) in [5.74, 6) is -0.441. The van der Waals surface area contributed by atoms with Crippen molar-refractivity contribution in [2.75, 3.05) is 19.5 Å². The number of hydrogen-bond acceptors (Lipinski definition) is 11. The molecule has 1 saturated heterocycles. The largest absolute Gasteiger partial charge is 0.504 e. The molecule has 174 valence electrons. The topological polar surface area (TPSA) is 184 Å². The van der Waals surface area contributed by atoms with E-state index in [0.717, 1.165) is 12.3 Å². The van der Waals surface area contributed by atoms with Crippen LogP contribution in [-0.4, -0.2) is 71.9 Å². The van der Waals surface area contributed by atoms with Gasteiger partial charge in [-0.2, -0.15) is 0 Å². The molecular weight excluding hydrogens is 431 g/mol. The number of phenols is 1. The van der Waals surface area contributed by atoms with E-state index in [4.69, 9.17) is 15.2 Å². The Balaban J connectivity index is 2.07. The summed E-state index contributed by atoms with van der Waals surface area (Å²) in [6.45, 7) is -1.21. The number of methoxy groups -OCH3 is 1. The molecular formula is C19H23FN4O8. The highest BCUT2D eigenvalue weighted by Gasteiger charge is 2.60. The van der Waals surface area contributed by atoms with E-state index in [-0.39, 0.29) is 29.2 Å². The van der Waals surface area contributed by atoms with Crippen molar-refractivity contribution < 1.29 is 39.5 Å². The molecule has 1 aromatic carbocycles. The number of hydrogen-bond donors (Lipinski definition) is 6. The second kappa shape index (κ2) is 9.20. The molecule has 0 aliphatic carbocycles. The van der Waals surface area contributed by atoms with Crippen molar-refractivity contribution in [3.05, 3.63) is 52.3 Å². The van der Waals surface area contributed by atoms with Crippen LogP contribution >= 0.6 is 0 Å². The summed E-state index contributed by atoms with van der Waals surface area (Å²) >= 11 is 0. The standard InChI is InChI=1S/C19H23FN4O8/c1-31-13-6-10(2-3-12(13)26)8-23(30)19(29)15(27)14(9-25)32-17(19)24-16(21)11(4-5-20)7-22-18(24)28/h2-7,14-15,17,25-27,29-30H,8-9,21H2,1H3/b5-4+/t14-,15-,17?,19-/m1/s1. The van der Waals surface area contributed by atoms with Crippen LogP contribution in [-0.2, 0) is 11.3 Å². The summed E-state index contributed by atoms with van der Waals surface area (Å²) in [6, 6.07) is 4.08. The van der Waals surface area contributed by atoms with Crippen LogP contribution in [0, 0.1) is 0 Å². The van der Waals surface area contributed by atoms with E-state index < -0.39 is 43.0 Å². The molecule has 1 unspecified atom stereocenters. The maximum atomic E-state index is 12.7. The van der Waals surface area contributed by atoms with Crippen LogP contribution in [0.5, 0.6) is 11.5 Å². The van der Waals surface area contributed by atoms with Crippen LogP contribution in [0.2, 0.25) is 0 Å². The Morgan fingerprint density at radius 1 is 1.47 bits per heavy atom. The van der Waals surface area contributed by atoms with Gasteiger partial charge in [0, 0.05) is 11.8 Å². The van der Waals surface area contributed by atoms with E-state index in [1.165, 1.54) is 25.3 Å². The van der Waals surface area contributed by atoms with Gasteiger partial charge in [-0.15, -0.1) is 5.06 Å². The predicted octanol–water partition coefficient (Wildman–Crippen LogP) is -0.689. The van der Waals surface area contributed by atoms with Gasteiger partial charge >= 0.3 is 5.69 Å². The molecule has 7 N–H and O–H groups in total. The summed E-state index contributed by atoms with van der Waals surface area (Å²) in [5.41, 5.74) is 2.52. The first-order valence-electron chi connectivity index (χ1n) is 9.31. The zero-order valence-electron chi connectivity index (χ0n) is 16.9. The Morgan fingerprint density at radius 2 is 2.19 bits per heavy atom. The predicted molar refractivity (Wildman–Crippen MR) is 107 cm³/mol. The number of benzene rings is 1. The quantitative estimate of drug-likeness (QED) is 0.230. The maximum absolute atomic E-state index is 12.7. The fraction of sp³-hybridized carbons (Fsp3) is 0.368. The van der Waals surface area contributed by atoms with Gasteiger partial charge in [-0.1, -0.05) is 6.07 Å². The van der Waals surface area contributed by atoms with Gasteiger partial charge in [-0.05, 0) is 23.8 Å². The molecule has 13 heteroatoms. The average molecular weight is 454 g/mol. The number of nitrogens with zero attached hydrogens (tertiary/aromatic N) is 3. The Kier molecular flexibility index (Phi) is 6.78. The van der Waals surface area contributed by atoms with Crippen LogP contribution in [0.25, 0.3) is 6.08 Å². The van der Waals surface area contributed by atoms with Crippen LogP contribution in [0.15, 0.2) is 35.5 Å². The van der Waals surface area contributed by atoms with Gasteiger partial charge < -0.3 is 40.8 Å². The zero-order valence-corrected chi connectivity index (χ0v) is 16.9. The minimum Gasteiger partial charge on any atom is -0.504 e. The lowest BCUT2D eigenvalue weighted by Crippen LogP contribution is -2.59. The number of aliphatic hydroxyl groups is 3. The van der Waals surface area contributed by atoms with Gasteiger partial charge in [0.15, 0.2) is 17.7 Å². The molecule has 0 saturated carbocycles. The first-order valence-corrected chi connectivity index (χ1v) is 9.31. The van der Waals surface area contributed by atoms with E-state index in [2.05, 4.69) is 4.98 Å². The van der Waals surface area contributed by atoms with Gasteiger partial charge in [0.05, 0.1) is 26.6 Å². The molecule has 32 heavy (non-hydrogen) atoms. The highest BCUT2D eigenvalue weighted by molar-refractivity contribution is 5.59. The molecule has 0 amide bonds. The number of aromatic nitrogens is 2. The minimum atomic E-state index is -2.70. The molecule has 12 nitrogen and oxygen atoms in total. The van der Waals surface area contributed by atoms with Crippen molar-refractivity contribution in [1.29, 1.82) is 0 Å². The van der Waals surface area contributed by atoms with Crippen molar-refractivity contribution in [3.63, 3.8) is 0 Å². The molecule has 3 rings (SSSR count). The number of nitrogen functional groups attached to an aromatic ring is 1. The summed E-state index contributed by atoms with van der Waals surface area (Å²) in [7, 11) is 1.32. The van der Waals surface area contributed by atoms with Gasteiger partial charge in [0.1, 0.15) is 18.0 Å². The van der Waals surface area contributed by atoms with Crippen LogP contribution in [0.4, 0.5) is 10.2 Å². The molecule has 1 aliphatic rings. The van der Waals surface area contributed by atoms with E-state index in [1.807, 2.05) is 0 Å². The Bertz CT molecular complexity index is 1060. The van der Waals surface area contributed by atoms with E-state index >= 15 is 0 Å². The molecule has 2 heterocycles. The highest BCUT2D eigenvalue weighted by Crippen LogP contribution is 2.41. The van der Waals surface area contributed by atoms with Crippen molar-refractivity contribution >= 4 is 11.9 Å². The fourth-order valence-corrected chi connectivity index (χ4v) is 3.47. The number of nitrogens with two attached hydrogens (primary N) is 1. The van der Waals surface area contributed by atoms with Crippen LogP contribution < -0.4 is 16.2 Å². The van der Waals surface area contributed by atoms with Crippen LogP contribution in [0.1, 0.15) is 17.4 Å². The minimum absolute atomic E-state index is 0.0345. The van der Waals surface area contributed by atoms with E-state index in [1.54, 1.807) is 0 Å². The van der Waals surface area contributed by atoms with Gasteiger partial charge in [-0.25, -0.2) is 18.7 Å². The third-order valence-electron chi connectivity index (χ3n) is 5.18. The average Bonchev–Trinajstić information content (AvgIpc) is 3.03. The van der Waals surface area contributed by atoms with Crippen molar-refractivity contribution in [3.8, 4) is 11.5 Å². The molecule has 1 fully saturated rings. The fourth-order valence-electron chi connectivity index (χ4n) is 3.47. The number of aromatic hydroxyl groups is 1. The van der Waals surface area contributed by atoms with Gasteiger partial charge in [-0.3, -0.25) is 0 Å². The summed E-state index contributed by atoms with van der Waals surface area (Å²) in [5, 5.41) is 52.3. The Hall–Kier alpha value is -3.07. The number of ether oxygens (including phenoxy) is 2. The lowest BCUT2D eigenvalue weighted by atomic mass is 10.0. The number of halogens is 1. The van der Waals surface area contributed by atoms with Gasteiger partial charge in [0.25, 0.3) is 0 Å². The first kappa shape index (κ1) is 23.6.